The minimum absolute atomic E-state index is 0.432. The predicted octanol–water partition coefficient (Wildman–Crippen LogP) is 3.74. The molecular formula is C14H20N2S3. The summed E-state index contributed by atoms with van der Waals surface area (Å²) in [4.78, 5) is 1.65. The largest absolute Gasteiger partial charge is 0.389 e. The second kappa shape index (κ2) is 6.37. The zero-order valence-corrected chi connectivity index (χ0v) is 13.8. The third-order valence-electron chi connectivity index (χ3n) is 3.41. The van der Waals surface area contributed by atoms with Crippen LogP contribution in [0.25, 0.3) is 0 Å². The van der Waals surface area contributed by atoms with Crippen molar-refractivity contribution in [2.45, 2.75) is 29.4 Å². The van der Waals surface area contributed by atoms with Crippen molar-refractivity contribution in [2.24, 2.45) is 5.73 Å². The fourth-order valence-corrected chi connectivity index (χ4v) is 3.92. The van der Waals surface area contributed by atoms with Crippen LogP contribution in [-0.2, 0) is 0 Å². The van der Waals surface area contributed by atoms with Crippen molar-refractivity contribution in [1.82, 2.24) is 0 Å². The van der Waals surface area contributed by atoms with Gasteiger partial charge < -0.3 is 11.1 Å². The van der Waals surface area contributed by atoms with Crippen LogP contribution < -0.4 is 11.1 Å². The van der Waals surface area contributed by atoms with Crippen molar-refractivity contribution in [1.29, 1.82) is 0 Å². The quantitative estimate of drug-likeness (QED) is 0.593. The average Bonchev–Trinajstić information content (AvgIpc) is 3.17. The highest BCUT2D eigenvalue weighted by Gasteiger charge is 2.41. The fraction of sp³-hybridized carbons (Fsp3) is 0.500. The van der Waals surface area contributed by atoms with Crippen LogP contribution in [0.3, 0.4) is 0 Å². The van der Waals surface area contributed by atoms with Gasteiger partial charge in [0.05, 0.1) is 0 Å². The van der Waals surface area contributed by atoms with Gasteiger partial charge in [-0.05, 0) is 37.0 Å². The van der Waals surface area contributed by atoms with Gasteiger partial charge in [-0.3, -0.25) is 0 Å². The van der Waals surface area contributed by atoms with E-state index in [1.54, 1.807) is 11.8 Å². The van der Waals surface area contributed by atoms with Gasteiger partial charge in [0.15, 0.2) is 0 Å². The van der Waals surface area contributed by atoms with Crippen molar-refractivity contribution in [3.63, 3.8) is 0 Å². The predicted molar refractivity (Wildman–Crippen MR) is 92.7 cm³/mol. The van der Waals surface area contributed by atoms with Crippen LogP contribution in [0, 0.1) is 0 Å². The van der Waals surface area contributed by atoms with E-state index in [4.69, 9.17) is 18.0 Å². The van der Waals surface area contributed by atoms with E-state index >= 15 is 0 Å². The van der Waals surface area contributed by atoms with Crippen LogP contribution in [0.4, 0.5) is 5.69 Å². The second-order valence-electron chi connectivity index (χ2n) is 4.72. The van der Waals surface area contributed by atoms with Gasteiger partial charge in [-0.2, -0.15) is 11.8 Å². The smallest absolute Gasteiger partial charge is 0.107 e. The summed E-state index contributed by atoms with van der Waals surface area (Å²) >= 11 is 8.96. The monoisotopic (exact) mass is 312 g/mol. The first-order chi connectivity index (χ1) is 9.12. The molecule has 104 valence electrons. The summed E-state index contributed by atoms with van der Waals surface area (Å²) < 4.78 is 0.432. The van der Waals surface area contributed by atoms with Crippen LogP contribution in [0.2, 0.25) is 0 Å². The molecule has 0 unspecified atom stereocenters. The Labute approximate surface area is 129 Å². The van der Waals surface area contributed by atoms with Crippen LogP contribution in [0.5, 0.6) is 0 Å². The Bertz CT molecular complexity index is 470. The molecule has 1 aliphatic rings. The lowest BCUT2D eigenvalue weighted by molar-refractivity contribution is 0.948. The lowest BCUT2D eigenvalue weighted by atomic mass is 10.1. The number of rotatable bonds is 7. The number of hydrogen-bond acceptors (Lipinski definition) is 4. The van der Waals surface area contributed by atoms with E-state index in [0.717, 1.165) is 23.5 Å². The standard InChI is InChI=1S/C14H20N2S3/c1-3-19-11-6-4-5-10(12(11)13(15)17)16-9-14(18-2)7-8-14/h4-6,16H,3,7-9H2,1-2H3,(H2,15,17). The van der Waals surface area contributed by atoms with E-state index in [2.05, 4.69) is 36.7 Å². The molecule has 2 nitrogen and oxygen atoms in total. The molecule has 0 atom stereocenters. The first kappa shape index (κ1) is 15.0. The third-order valence-corrected chi connectivity index (χ3v) is 5.98. The van der Waals surface area contributed by atoms with Gasteiger partial charge >= 0.3 is 0 Å². The molecule has 0 saturated heterocycles. The SMILES string of the molecule is CCSc1cccc(NCC2(SC)CC2)c1C(N)=S. The van der Waals surface area contributed by atoms with E-state index in [9.17, 15) is 0 Å². The number of hydrogen-bond donors (Lipinski definition) is 2. The second-order valence-corrected chi connectivity index (χ2v) is 7.74. The molecule has 0 heterocycles. The summed E-state index contributed by atoms with van der Waals surface area (Å²) in [6, 6.07) is 6.24. The maximum atomic E-state index is 5.91. The number of benzene rings is 1. The molecule has 5 heteroatoms. The summed E-state index contributed by atoms with van der Waals surface area (Å²) in [5.74, 6) is 1.02. The van der Waals surface area contributed by atoms with Crippen molar-refractivity contribution in [3.05, 3.63) is 23.8 Å². The Morgan fingerprint density at radius 3 is 2.74 bits per heavy atom. The van der Waals surface area contributed by atoms with Gasteiger partial charge in [-0.1, -0.05) is 25.2 Å². The third kappa shape index (κ3) is 3.58. The van der Waals surface area contributed by atoms with Gasteiger partial charge in [-0.25, -0.2) is 0 Å². The topological polar surface area (TPSA) is 38.0 Å². The molecule has 1 aliphatic carbocycles. The summed E-state index contributed by atoms with van der Waals surface area (Å²) in [6.45, 7) is 3.13. The molecule has 1 saturated carbocycles. The number of nitrogens with one attached hydrogen (secondary N) is 1. The Balaban J connectivity index is 2.19. The van der Waals surface area contributed by atoms with E-state index in [0.29, 0.717) is 9.74 Å². The van der Waals surface area contributed by atoms with Gasteiger partial charge in [0, 0.05) is 27.4 Å². The van der Waals surface area contributed by atoms with Crippen LogP contribution >= 0.6 is 35.7 Å². The number of thioether (sulfide) groups is 2. The van der Waals surface area contributed by atoms with Gasteiger partial charge in [0.2, 0.25) is 0 Å². The number of nitrogens with two attached hydrogens (primary N) is 1. The van der Waals surface area contributed by atoms with Crippen molar-refractivity contribution < 1.29 is 0 Å². The normalized spacial score (nSPS) is 16.1. The average molecular weight is 313 g/mol. The summed E-state index contributed by atoms with van der Waals surface area (Å²) in [7, 11) is 0. The molecule has 3 N–H and O–H groups in total. The first-order valence-corrected chi connectivity index (χ1v) is 9.08. The van der Waals surface area contributed by atoms with Gasteiger partial charge in [0.25, 0.3) is 0 Å². The van der Waals surface area contributed by atoms with Gasteiger partial charge in [-0.15, -0.1) is 11.8 Å². The molecule has 0 aromatic heterocycles. The summed E-state index contributed by atoms with van der Waals surface area (Å²) in [6.07, 6.45) is 4.78. The molecule has 0 radical (unpaired) electrons. The molecule has 0 spiro atoms. The lowest BCUT2D eigenvalue weighted by Gasteiger charge is -2.18. The number of thiocarbonyl (C=S) groups is 1. The van der Waals surface area contributed by atoms with E-state index in [1.165, 1.54) is 17.7 Å². The Morgan fingerprint density at radius 2 is 2.21 bits per heavy atom. The van der Waals surface area contributed by atoms with Gasteiger partial charge in [0.1, 0.15) is 4.99 Å². The fourth-order valence-electron chi connectivity index (χ4n) is 2.06. The molecular weight excluding hydrogens is 292 g/mol. The summed E-state index contributed by atoms with van der Waals surface area (Å²) in [5, 5.41) is 3.55. The molecule has 0 bridgehead atoms. The molecule has 2 rings (SSSR count). The van der Waals surface area contributed by atoms with Crippen molar-refractivity contribution >= 4 is 46.4 Å². The highest BCUT2D eigenvalue weighted by Crippen LogP contribution is 2.47. The van der Waals surface area contributed by atoms with Crippen LogP contribution in [-0.4, -0.2) is 28.3 Å². The molecule has 1 aromatic carbocycles. The zero-order chi connectivity index (χ0) is 13.9. The number of anilines is 1. The maximum Gasteiger partial charge on any atom is 0.107 e. The van der Waals surface area contributed by atoms with E-state index in [1.807, 2.05) is 11.8 Å². The Morgan fingerprint density at radius 1 is 1.47 bits per heavy atom. The van der Waals surface area contributed by atoms with E-state index in [-0.39, 0.29) is 0 Å². The van der Waals surface area contributed by atoms with Crippen molar-refractivity contribution in [2.75, 3.05) is 23.9 Å². The zero-order valence-electron chi connectivity index (χ0n) is 11.4. The highest BCUT2D eigenvalue weighted by molar-refractivity contribution is 8.00. The van der Waals surface area contributed by atoms with Crippen molar-refractivity contribution in [3.8, 4) is 0 Å². The Kier molecular flexibility index (Phi) is 5.03. The molecule has 19 heavy (non-hydrogen) atoms. The van der Waals surface area contributed by atoms with E-state index < -0.39 is 0 Å². The molecule has 0 aliphatic heterocycles. The molecule has 1 fully saturated rings. The summed E-state index contributed by atoms with van der Waals surface area (Å²) in [5.41, 5.74) is 7.98. The molecule has 0 amide bonds. The minimum Gasteiger partial charge on any atom is -0.389 e. The first-order valence-electron chi connectivity index (χ1n) is 6.46. The van der Waals surface area contributed by atoms with Crippen LogP contribution in [0.15, 0.2) is 23.1 Å². The lowest BCUT2D eigenvalue weighted by Crippen LogP contribution is -2.21. The highest BCUT2D eigenvalue weighted by atomic mass is 32.2. The van der Waals surface area contributed by atoms with Crippen LogP contribution in [0.1, 0.15) is 25.3 Å². The Hall–Kier alpha value is -0.390. The minimum atomic E-state index is 0.432. The maximum absolute atomic E-state index is 5.91. The molecule has 1 aromatic rings.